The first-order chi connectivity index (χ1) is 18.0. The lowest BCUT2D eigenvalue weighted by Crippen LogP contribution is -2.39. The molecule has 1 saturated heterocycles. The van der Waals surface area contributed by atoms with E-state index in [-0.39, 0.29) is 24.7 Å². The normalized spacial score (nSPS) is 20.7. The van der Waals surface area contributed by atoms with Crippen LogP contribution in [0.25, 0.3) is 0 Å². The Morgan fingerprint density at radius 1 is 1.03 bits per heavy atom. The van der Waals surface area contributed by atoms with Gasteiger partial charge >= 0.3 is 5.97 Å². The molecule has 0 aromatic heterocycles. The van der Waals surface area contributed by atoms with E-state index in [0.717, 1.165) is 42.7 Å². The summed E-state index contributed by atoms with van der Waals surface area (Å²) in [6, 6.07) is 13.0. The molecule has 8 nitrogen and oxygen atoms in total. The molecule has 0 aliphatic carbocycles. The van der Waals surface area contributed by atoms with Crippen LogP contribution in [-0.2, 0) is 9.59 Å². The zero-order valence-electron chi connectivity index (χ0n) is 22.0. The van der Waals surface area contributed by atoms with Crippen LogP contribution in [0.4, 0.5) is 0 Å². The average Bonchev–Trinajstić information content (AvgIpc) is 3.53. The number of nitrogens with zero attached hydrogens (tertiary/aromatic N) is 2. The Labute approximate surface area is 219 Å². The highest BCUT2D eigenvalue weighted by Crippen LogP contribution is 2.47. The van der Waals surface area contributed by atoms with Crippen LogP contribution in [0.2, 0.25) is 0 Å². The van der Waals surface area contributed by atoms with E-state index in [4.69, 9.17) is 14.2 Å². The number of likely N-dealkylation sites (tertiary alicyclic amines) is 1. The van der Waals surface area contributed by atoms with E-state index in [1.54, 1.807) is 7.11 Å². The molecule has 1 fully saturated rings. The van der Waals surface area contributed by atoms with Crippen LogP contribution in [-0.4, -0.2) is 66.9 Å². The molecule has 3 atom stereocenters. The smallest absolute Gasteiger partial charge is 0.309 e. The molecule has 0 radical (unpaired) electrons. The first-order valence-corrected chi connectivity index (χ1v) is 13.2. The fourth-order valence-electron chi connectivity index (χ4n) is 5.47. The predicted octanol–water partition coefficient (Wildman–Crippen LogP) is 4.69. The third-order valence-corrected chi connectivity index (χ3v) is 7.42. The van der Waals surface area contributed by atoms with E-state index in [2.05, 4.69) is 11.8 Å². The van der Waals surface area contributed by atoms with Gasteiger partial charge < -0.3 is 24.2 Å². The summed E-state index contributed by atoms with van der Waals surface area (Å²) < 4.78 is 16.4. The van der Waals surface area contributed by atoms with Crippen molar-refractivity contribution in [3.63, 3.8) is 0 Å². The van der Waals surface area contributed by atoms with Crippen molar-refractivity contribution in [2.45, 2.75) is 51.5 Å². The Balaban J connectivity index is 1.65. The molecular weight excluding hydrogens is 472 g/mol. The number of carbonyl (C=O) groups is 2. The second-order valence-corrected chi connectivity index (χ2v) is 9.78. The van der Waals surface area contributed by atoms with Gasteiger partial charge in [0.05, 0.1) is 13.0 Å². The topological polar surface area (TPSA) is 88.5 Å². The maximum Gasteiger partial charge on any atom is 0.309 e. The summed E-state index contributed by atoms with van der Waals surface area (Å²) in [6.45, 7) is 6.78. The lowest BCUT2D eigenvalue weighted by Gasteiger charge is -2.30. The Hall–Kier alpha value is -3.26. The van der Waals surface area contributed by atoms with E-state index in [9.17, 15) is 14.7 Å². The number of hydrogen-bond acceptors (Lipinski definition) is 6. The molecule has 0 saturated carbocycles. The molecule has 2 aliphatic rings. The minimum atomic E-state index is -0.837. The molecule has 2 aromatic carbocycles. The van der Waals surface area contributed by atoms with Crippen molar-refractivity contribution >= 4 is 11.9 Å². The van der Waals surface area contributed by atoms with E-state index in [1.165, 1.54) is 0 Å². The number of benzene rings is 2. The zero-order valence-corrected chi connectivity index (χ0v) is 22.0. The number of fused-ring (bicyclic) bond motifs is 1. The van der Waals surface area contributed by atoms with E-state index in [1.807, 2.05) is 54.3 Å². The van der Waals surface area contributed by atoms with Crippen molar-refractivity contribution < 1.29 is 28.9 Å². The quantitative estimate of drug-likeness (QED) is 0.443. The molecule has 2 aliphatic heterocycles. The first kappa shape index (κ1) is 26.8. The van der Waals surface area contributed by atoms with Gasteiger partial charge in [-0.3, -0.25) is 14.5 Å². The van der Waals surface area contributed by atoms with Crippen molar-refractivity contribution in [3.8, 4) is 17.2 Å². The molecule has 1 N–H and O–H groups in total. The summed E-state index contributed by atoms with van der Waals surface area (Å²) in [6.07, 6.45) is 3.31. The van der Waals surface area contributed by atoms with Crippen LogP contribution in [0.5, 0.6) is 17.2 Å². The monoisotopic (exact) mass is 510 g/mol. The van der Waals surface area contributed by atoms with Crippen LogP contribution in [0.1, 0.15) is 62.6 Å². The highest BCUT2D eigenvalue weighted by molar-refractivity contribution is 5.76. The maximum absolute atomic E-state index is 12.8. The van der Waals surface area contributed by atoms with Gasteiger partial charge in [-0.25, -0.2) is 0 Å². The minimum absolute atomic E-state index is 0.165. The fourth-order valence-corrected chi connectivity index (χ4v) is 5.47. The molecule has 8 heteroatoms. The van der Waals surface area contributed by atoms with Gasteiger partial charge in [-0.2, -0.15) is 0 Å². The molecule has 0 unspecified atom stereocenters. The second kappa shape index (κ2) is 12.3. The Morgan fingerprint density at radius 2 is 1.76 bits per heavy atom. The van der Waals surface area contributed by atoms with Crippen molar-refractivity contribution in [1.82, 2.24) is 9.80 Å². The van der Waals surface area contributed by atoms with Gasteiger partial charge in [-0.15, -0.1) is 0 Å². The summed E-state index contributed by atoms with van der Waals surface area (Å²) in [7, 11) is 1.62. The van der Waals surface area contributed by atoms with Crippen molar-refractivity contribution in [2.24, 2.45) is 5.92 Å². The number of ether oxygens (including phenoxy) is 3. The predicted molar refractivity (Wildman–Crippen MR) is 140 cm³/mol. The number of carboxylic acid groups (broad SMARTS) is 1. The lowest BCUT2D eigenvalue weighted by atomic mass is 9.82. The number of aliphatic carboxylic acids is 1. The van der Waals surface area contributed by atoms with E-state index in [0.29, 0.717) is 37.6 Å². The summed E-state index contributed by atoms with van der Waals surface area (Å²) in [5, 5.41) is 10.5. The number of hydrogen-bond donors (Lipinski definition) is 1. The number of carbonyl (C=O) groups excluding carboxylic acids is 1. The summed E-state index contributed by atoms with van der Waals surface area (Å²) in [5.41, 5.74) is 1.85. The highest BCUT2D eigenvalue weighted by atomic mass is 16.7. The average molecular weight is 511 g/mol. The molecule has 200 valence electrons. The molecule has 37 heavy (non-hydrogen) atoms. The number of rotatable bonds is 12. The fraction of sp³-hybridized carbons (Fsp3) is 0.517. The lowest BCUT2D eigenvalue weighted by molar-refractivity contribution is -0.143. The Morgan fingerprint density at radius 3 is 2.43 bits per heavy atom. The molecule has 0 spiro atoms. The van der Waals surface area contributed by atoms with Crippen LogP contribution < -0.4 is 14.2 Å². The summed E-state index contributed by atoms with van der Waals surface area (Å²) in [5.74, 6) is 0.478. The third kappa shape index (κ3) is 6.01. The van der Waals surface area contributed by atoms with Gasteiger partial charge in [-0.1, -0.05) is 38.5 Å². The minimum Gasteiger partial charge on any atom is -0.497 e. The first-order valence-electron chi connectivity index (χ1n) is 13.2. The van der Waals surface area contributed by atoms with Crippen molar-refractivity contribution in [2.75, 3.05) is 40.1 Å². The molecule has 4 rings (SSSR count). The van der Waals surface area contributed by atoms with E-state index >= 15 is 0 Å². The van der Waals surface area contributed by atoms with Crippen molar-refractivity contribution in [3.05, 3.63) is 53.6 Å². The SMILES string of the molecule is CCCCN(CCN1C[C@H](c2ccc3c(c2)OCO3)[C@H](C(=O)O)[C@H]1c1ccc(OC)cc1)C(=O)CCC. The maximum atomic E-state index is 12.8. The standard InChI is InChI=1S/C29H38N2O6/c1-4-6-14-30(26(32)7-5-2)15-16-31-18-23(21-10-13-24-25(17-21)37-19-36-24)27(29(33)34)28(31)20-8-11-22(35-3)12-9-20/h8-13,17,23,27-28H,4-7,14-16,18-19H2,1-3H3,(H,33,34)/t23-,27+,28-/m1/s1. The van der Waals surface area contributed by atoms with Gasteiger partial charge in [0.2, 0.25) is 12.7 Å². The molecule has 0 bridgehead atoms. The van der Waals surface area contributed by atoms with Gasteiger partial charge in [0.15, 0.2) is 11.5 Å². The van der Waals surface area contributed by atoms with Crippen molar-refractivity contribution in [1.29, 1.82) is 0 Å². The molecule has 1 amide bonds. The van der Waals surface area contributed by atoms with Gasteiger partial charge in [0.25, 0.3) is 0 Å². The van der Waals surface area contributed by atoms with Gasteiger partial charge in [0, 0.05) is 44.6 Å². The summed E-state index contributed by atoms with van der Waals surface area (Å²) in [4.78, 5) is 29.8. The number of carboxylic acids is 1. The molecular formula is C29H38N2O6. The Kier molecular flexibility index (Phi) is 8.92. The summed E-state index contributed by atoms with van der Waals surface area (Å²) >= 11 is 0. The number of unbranched alkanes of at least 4 members (excludes halogenated alkanes) is 1. The van der Waals surface area contributed by atoms with Crippen LogP contribution in [0.15, 0.2) is 42.5 Å². The van der Waals surface area contributed by atoms with Crippen LogP contribution in [0.3, 0.4) is 0 Å². The number of methoxy groups -OCH3 is 1. The largest absolute Gasteiger partial charge is 0.497 e. The zero-order chi connectivity index (χ0) is 26.4. The molecule has 2 heterocycles. The van der Waals surface area contributed by atoms with Gasteiger partial charge in [-0.05, 0) is 48.2 Å². The Bertz CT molecular complexity index is 1070. The molecule has 2 aromatic rings. The third-order valence-electron chi connectivity index (χ3n) is 7.42. The number of amides is 1. The second-order valence-electron chi connectivity index (χ2n) is 9.78. The van der Waals surface area contributed by atoms with Crippen LogP contribution in [0, 0.1) is 5.92 Å². The van der Waals surface area contributed by atoms with E-state index < -0.39 is 11.9 Å². The highest BCUT2D eigenvalue weighted by Gasteiger charge is 2.47. The van der Waals surface area contributed by atoms with Gasteiger partial charge in [0.1, 0.15) is 5.75 Å². The van der Waals surface area contributed by atoms with Crippen LogP contribution >= 0.6 is 0 Å².